The molecular weight excluding hydrogens is 443 g/mol. The number of carbonyl (C=O) groups is 1. The van der Waals surface area contributed by atoms with Gasteiger partial charge in [-0.05, 0) is 25.5 Å². The number of hydrogen-bond acceptors (Lipinski definition) is 4. The van der Waals surface area contributed by atoms with Crippen molar-refractivity contribution in [2.24, 2.45) is 7.05 Å². The molecule has 1 aliphatic heterocycles. The van der Waals surface area contributed by atoms with Crippen molar-refractivity contribution >= 4 is 23.4 Å². The zero-order valence-electron chi connectivity index (χ0n) is 17.6. The van der Waals surface area contributed by atoms with Gasteiger partial charge in [0.15, 0.2) is 11.6 Å². The molecule has 2 aromatic rings. The van der Waals surface area contributed by atoms with Crippen LogP contribution >= 0.6 is 11.8 Å². The van der Waals surface area contributed by atoms with Crippen LogP contribution in [0.5, 0.6) is 5.75 Å². The van der Waals surface area contributed by atoms with E-state index in [0.29, 0.717) is 6.07 Å². The Bertz CT molecular complexity index is 1130. The number of anilines is 1. The van der Waals surface area contributed by atoms with Crippen LogP contribution in [0.3, 0.4) is 0 Å². The summed E-state index contributed by atoms with van der Waals surface area (Å²) in [5.74, 6) is -5.95. The maximum atomic E-state index is 14.3. The number of carbonyl (C=O) groups excluding carboxylic acids is 1. The van der Waals surface area contributed by atoms with Gasteiger partial charge in [-0.15, -0.1) is 11.8 Å². The smallest absolute Gasteiger partial charge is 0.403 e. The highest BCUT2D eigenvalue weighted by molar-refractivity contribution is 8.02. The molecule has 1 fully saturated rings. The Labute approximate surface area is 180 Å². The summed E-state index contributed by atoms with van der Waals surface area (Å²) in [5, 5.41) is -0.114. The minimum absolute atomic E-state index is 0.0785. The Morgan fingerprint density at radius 3 is 2.58 bits per heavy atom. The van der Waals surface area contributed by atoms with Gasteiger partial charge in [-0.2, -0.15) is 17.6 Å². The molecule has 11 heteroatoms. The zero-order chi connectivity index (χ0) is 24.1. The molecule has 1 aromatic carbocycles. The number of thioether (sulfide) groups is 1. The standard InChI is InChI=1S/C20H19F5N2O3S/c1-19(20(23,24)25)8-12(11-5-6-13(21)15(22)16(11)30-3)17(31-19)18(29)26-10-4-7-14(28)27(2)9-10/h4-7,9,12,17H,8H2,1-3H3,(H,26,29)/i17D. The number of pyridine rings is 1. The number of ether oxygens (including phenoxy) is 1. The molecule has 3 rings (SSSR count). The Morgan fingerprint density at radius 2 is 2.00 bits per heavy atom. The van der Waals surface area contributed by atoms with E-state index in [1.807, 2.05) is 0 Å². The highest BCUT2D eigenvalue weighted by Crippen LogP contribution is 2.59. The van der Waals surface area contributed by atoms with Crippen molar-refractivity contribution in [2.45, 2.75) is 35.4 Å². The summed E-state index contributed by atoms with van der Waals surface area (Å²) in [6.07, 6.45) is -4.28. The molecule has 1 amide bonds. The molecule has 1 N–H and O–H groups in total. The number of hydrogen-bond donors (Lipinski definition) is 1. The van der Waals surface area contributed by atoms with Crippen molar-refractivity contribution in [1.82, 2.24) is 4.57 Å². The number of halogens is 5. The molecule has 3 unspecified atom stereocenters. The van der Waals surface area contributed by atoms with Gasteiger partial charge < -0.3 is 14.6 Å². The van der Waals surface area contributed by atoms with E-state index in [0.717, 1.165) is 30.7 Å². The van der Waals surface area contributed by atoms with Crippen LogP contribution in [0.2, 0.25) is 0 Å². The molecule has 0 bridgehead atoms. The molecule has 1 aliphatic rings. The number of rotatable bonds is 4. The van der Waals surface area contributed by atoms with Gasteiger partial charge in [-0.25, -0.2) is 4.39 Å². The summed E-state index contributed by atoms with van der Waals surface area (Å²) < 4.78 is 81.8. The van der Waals surface area contributed by atoms with Gasteiger partial charge in [0.2, 0.25) is 17.3 Å². The van der Waals surface area contributed by atoms with Gasteiger partial charge in [0.1, 0.15) is 4.75 Å². The first-order chi connectivity index (χ1) is 14.7. The summed E-state index contributed by atoms with van der Waals surface area (Å²) in [6, 6.07) is 4.13. The molecule has 0 radical (unpaired) electrons. The van der Waals surface area contributed by atoms with Crippen LogP contribution in [0.4, 0.5) is 27.6 Å². The van der Waals surface area contributed by atoms with Crippen LogP contribution in [0.15, 0.2) is 35.3 Å². The zero-order valence-corrected chi connectivity index (χ0v) is 17.5. The quantitative estimate of drug-likeness (QED) is 0.690. The summed E-state index contributed by atoms with van der Waals surface area (Å²) in [5.41, 5.74) is -0.522. The highest BCUT2D eigenvalue weighted by Gasteiger charge is 2.60. The Hall–Kier alpha value is -2.56. The van der Waals surface area contributed by atoms with E-state index < -0.39 is 51.8 Å². The van der Waals surface area contributed by atoms with E-state index >= 15 is 0 Å². The fraction of sp³-hybridized carbons (Fsp3) is 0.400. The summed E-state index contributed by atoms with van der Waals surface area (Å²) in [7, 11) is 2.43. The average Bonchev–Trinajstić information content (AvgIpc) is 2.99. The summed E-state index contributed by atoms with van der Waals surface area (Å²) in [4.78, 5) is 24.6. The van der Waals surface area contributed by atoms with Gasteiger partial charge in [0.25, 0.3) is 0 Å². The number of benzene rings is 1. The summed E-state index contributed by atoms with van der Waals surface area (Å²) >= 11 is 0.0785. The molecule has 5 nitrogen and oxygen atoms in total. The van der Waals surface area contributed by atoms with Crippen molar-refractivity contribution in [3.63, 3.8) is 0 Å². The van der Waals surface area contributed by atoms with Gasteiger partial charge in [-0.3, -0.25) is 9.59 Å². The second-order valence-electron chi connectivity index (χ2n) is 7.26. The topological polar surface area (TPSA) is 60.3 Å². The molecule has 1 saturated heterocycles. The highest BCUT2D eigenvalue weighted by atomic mass is 32.2. The first-order valence-electron chi connectivity index (χ1n) is 9.50. The minimum atomic E-state index is -4.79. The number of methoxy groups -OCH3 is 1. The molecule has 1 aromatic heterocycles. The van der Waals surface area contributed by atoms with Crippen LogP contribution in [0, 0.1) is 11.6 Å². The fourth-order valence-electron chi connectivity index (χ4n) is 3.36. The molecule has 31 heavy (non-hydrogen) atoms. The number of aryl methyl sites for hydroxylation is 1. The van der Waals surface area contributed by atoms with Gasteiger partial charge in [-0.1, -0.05) is 6.07 Å². The van der Waals surface area contributed by atoms with Gasteiger partial charge >= 0.3 is 6.18 Å². The summed E-state index contributed by atoms with van der Waals surface area (Å²) in [6.45, 7) is 0.854. The number of alkyl halides is 3. The normalized spacial score (nSPS) is 26.5. The van der Waals surface area contributed by atoms with Crippen molar-refractivity contribution in [3.05, 3.63) is 58.0 Å². The van der Waals surface area contributed by atoms with Crippen LogP contribution in [-0.2, 0) is 11.8 Å². The number of amides is 1. The first kappa shape index (κ1) is 21.7. The van der Waals surface area contributed by atoms with E-state index in [4.69, 9.17) is 6.11 Å². The predicted octanol–water partition coefficient (Wildman–Crippen LogP) is 4.22. The van der Waals surface area contributed by atoms with Gasteiger partial charge in [0, 0.05) is 30.8 Å². The Morgan fingerprint density at radius 1 is 1.32 bits per heavy atom. The SMILES string of the molecule is [2H]C1(C(=O)Nc2ccc(=O)n(C)c2)SC(C)(C(F)(F)F)CC1c1ccc(F)c(F)c1OC. The molecule has 3 atom stereocenters. The van der Waals surface area contributed by atoms with Crippen molar-refractivity contribution < 1.29 is 32.9 Å². The molecule has 2 heterocycles. The number of nitrogens with one attached hydrogen (secondary N) is 1. The molecule has 168 valence electrons. The van der Waals surface area contributed by atoms with Crippen LogP contribution in [-0.4, -0.2) is 33.7 Å². The number of aromatic nitrogens is 1. The van der Waals surface area contributed by atoms with Crippen LogP contribution in [0.25, 0.3) is 0 Å². The molecule has 0 aliphatic carbocycles. The van der Waals surface area contributed by atoms with E-state index in [1.54, 1.807) is 0 Å². The van der Waals surface area contributed by atoms with E-state index in [9.17, 15) is 31.5 Å². The predicted molar refractivity (Wildman–Crippen MR) is 106 cm³/mol. The lowest BCUT2D eigenvalue weighted by molar-refractivity contribution is -0.155. The maximum absolute atomic E-state index is 14.3. The third-order valence-corrected chi connectivity index (χ3v) is 6.61. The second kappa shape index (κ2) is 8.18. The fourth-order valence-corrected chi connectivity index (χ4v) is 4.70. The molecule has 0 saturated carbocycles. The third kappa shape index (κ3) is 4.28. The average molecular weight is 463 g/mol. The van der Waals surface area contributed by atoms with E-state index in [1.165, 1.54) is 19.3 Å². The second-order valence-corrected chi connectivity index (χ2v) is 8.80. The van der Waals surface area contributed by atoms with E-state index in [-0.39, 0.29) is 28.6 Å². The maximum Gasteiger partial charge on any atom is 0.403 e. The Kier molecular flexibility index (Phi) is 5.71. The molecular formula is C20H19F5N2O3S. The first-order valence-corrected chi connectivity index (χ1v) is 9.82. The lowest BCUT2D eigenvalue weighted by Crippen LogP contribution is -2.37. The van der Waals surface area contributed by atoms with E-state index in [2.05, 4.69) is 5.32 Å². The number of nitrogens with zero attached hydrogens (tertiary/aromatic N) is 1. The van der Waals surface area contributed by atoms with Crippen molar-refractivity contribution in [3.8, 4) is 5.75 Å². The lowest BCUT2D eigenvalue weighted by atomic mass is 9.85. The molecule has 0 spiro atoms. The van der Waals surface area contributed by atoms with Crippen molar-refractivity contribution in [2.75, 3.05) is 12.4 Å². The van der Waals surface area contributed by atoms with Crippen LogP contribution < -0.4 is 15.6 Å². The van der Waals surface area contributed by atoms with Gasteiger partial charge in [0.05, 0.1) is 19.4 Å². The van der Waals surface area contributed by atoms with Crippen molar-refractivity contribution in [1.29, 1.82) is 0 Å². The third-order valence-electron chi connectivity index (χ3n) is 5.07. The minimum Gasteiger partial charge on any atom is -0.493 e. The van der Waals surface area contributed by atoms with Crippen LogP contribution in [0.1, 0.15) is 26.2 Å². The lowest BCUT2D eigenvalue weighted by Gasteiger charge is -2.26. The Balaban J connectivity index is 2.11. The largest absolute Gasteiger partial charge is 0.493 e. The monoisotopic (exact) mass is 463 g/mol.